The Labute approximate surface area is 163 Å². The number of benzene rings is 1. The van der Waals surface area contributed by atoms with Gasteiger partial charge in [-0.15, -0.1) is 0 Å². The number of hydrogen-bond donors (Lipinski definition) is 2. The minimum absolute atomic E-state index is 0.299. The molecule has 2 aliphatic rings. The summed E-state index contributed by atoms with van der Waals surface area (Å²) in [6.45, 7) is 6.47. The zero-order valence-electron chi connectivity index (χ0n) is 16.7. The van der Waals surface area contributed by atoms with Crippen molar-refractivity contribution in [3.8, 4) is 0 Å². The maximum absolute atomic E-state index is 5.68. The largest absolute Gasteiger partial charge is 0.370 e. The summed E-state index contributed by atoms with van der Waals surface area (Å²) in [7, 11) is 0. The van der Waals surface area contributed by atoms with Crippen LogP contribution in [-0.4, -0.2) is 11.5 Å². The van der Waals surface area contributed by atoms with Gasteiger partial charge in [-0.2, -0.15) is 0 Å². The topological polar surface area (TPSA) is 50.9 Å². The van der Waals surface area contributed by atoms with Crippen LogP contribution in [0.3, 0.4) is 0 Å². The highest BCUT2D eigenvalue weighted by Crippen LogP contribution is 2.57. The second-order valence-corrected chi connectivity index (χ2v) is 9.56. The van der Waals surface area contributed by atoms with Gasteiger partial charge in [-0.25, -0.2) is 4.98 Å². The first kappa shape index (κ1) is 18.5. The summed E-state index contributed by atoms with van der Waals surface area (Å²) in [5.74, 6) is 2.63. The molecule has 4 unspecified atom stereocenters. The van der Waals surface area contributed by atoms with E-state index in [9.17, 15) is 0 Å². The highest BCUT2D eigenvalue weighted by Gasteiger charge is 2.50. The summed E-state index contributed by atoms with van der Waals surface area (Å²) in [6.07, 6.45) is 8.53. The molecule has 2 fully saturated rings. The van der Waals surface area contributed by atoms with E-state index in [4.69, 9.17) is 5.73 Å². The molecule has 3 N–H and O–H groups in total. The molecule has 1 aromatic heterocycles. The van der Waals surface area contributed by atoms with Crippen molar-refractivity contribution in [3.05, 3.63) is 59.8 Å². The van der Waals surface area contributed by atoms with Crippen LogP contribution in [0, 0.1) is 17.3 Å². The molecule has 0 aliphatic heterocycles. The standard InChI is InChI=1S/C24H33N3/c1-18-10-20-12-23(2,17-27-22-9-8-19(14-25)15-26-22)16-24(11-18,13-20)21-6-4-3-5-7-21/h3-9,15,18,20H,10-14,16-17,25H2,1-2H3,(H,26,27). The minimum atomic E-state index is 0.299. The van der Waals surface area contributed by atoms with Crippen LogP contribution >= 0.6 is 0 Å². The van der Waals surface area contributed by atoms with Gasteiger partial charge >= 0.3 is 0 Å². The molecule has 2 aromatic rings. The summed E-state index contributed by atoms with van der Waals surface area (Å²) < 4.78 is 0. The van der Waals surface area contributed by atoms with E-state index < -0.39 is 0 Å². The smallest absolute Gasteiger partial charge is 0.125 e. The van der Waals surface area contributed by atoms with Gasteiger partial charge in [-0.1, -0.05) is 50.2 Å². The van der Waals surface area contributed by atoms with Crippen LogP contribution in [0.4, 0.5) is 5.82 Å². The van der Waals surface area contributed by atoms with Crippen LogP contribution in [0.2, 0.25) is 0 Å². The highest BCUT2D eigenvalue weighted by molar-refractivity contribution is 5.36. The lowest BCUT2D eigenvalue weighted by molar-refractivity contribution is 0.0274. The number of pyridine rings is 1. The van der Waals surface area contributed by atoms with Gasteiger partial charge in [0.05, 0.1) is 0 Å². The summed E-state index contributed by atoms with van der Waals surface area (Å²) in [6, 6.07) is 15.4. The molecule has 144 valence electrons. The van der Waals surface area contributed by atoms with E-state index in [1.165, 1.54) is 32.1 Å². The highest BCUT2D eigenvalue weighted by atomic mass is 15.0. The monoisotopic (exact) mass is 363 g/mol. The number of rotatable bonds is 5. The fraction of sp³-hybridized carbons (Fsp3) is 0.542. The van der Waals surface area contributed by atoms with Crippen molar-refractivity contribution in [1.29, 1.82) is 0 Å². The third-order valence-electron chi connectivity index (χ3n) is 6.84. The maximum Gasteiger partial charge on any atom is 0.125 e. The zero-order chi connectivity index (χ0) is 18.9. The van der Waals surface area contributed by atoms with Gasteiger partial charge in [0.2, 0.25) is 0 Å². The Morgan fingerprint density at radius 3 is 2.63 bits per heavy atom. The van der Waals surface area contributed by atoms with Crippen molar-refractivity contribution in [3.63, 3.8) is 0 Å². The Morgan fingerprint density at radius 1 is 1.11 bits per heavy atom. The van der Waals surface area contributed by atoms with E-state index >= 15 is 0 Å². The number of nitrogens with two attached hydrogens (primary N) is 1. The fourth-order valence-electron chi connectivity index (χ4n) is 6.14. The second kappa shape index (κ2) is 7.27. The van der Waals surface area contributed by atoms with Crippen molar-refractivity contribution in [2.75, 3.05) is 11.9 Å². The molecule has 0 radical (unpaired) electrons. The predicted molar refractivity (Wildman–Crippen MR) is 113 cm³/mol. The van der Waals surface area contributed by atoms with Gasteiger partial charge in [0.15, 0.2) is 0 Å². The van der Waals surface area contributed by atoms with Crippen molar-refractivity contribution < 1.29 is 0 Å². The first-order chi connectivity index (χ1) is 13.0. The molecule has 4 atom stereocenters. The SMILES string of the molecule is CC1CC2CC(C)(CNc3ccc(CN)cn3)CC(c3ccccc3)(C1)C2. The Bertz CT molecular complexity index is 753. The third-order valence-corrected chi connectivity index (χ3v) is 6.84. The molecule has 0 spiro atoms. The Kier molecular flexibility index (Phi) is 4.98. The molecule has 1 aromatic carbocycles. The number of nitrogens with zero attached hydrogens (tertiary/aromatic N) is 1. The second-order valence-electron chi connectivity index (χ2n) is 9.56. The van der Waals surface area contributed by atoms with Crippen LogP contribution in [0.15, 0.2) is 48.7 Å². The van der Waals surface area contributed by atoms with Crippen LogP contribution < -0.4 is 11.1 Å². The molecule has 1 heterocycles. The molecule has 0 amide bonds. The van der Waals surface area contributed by atoms with Gasteiger partial charge in [-0.05, 0) is 72.0 Å². The normalized spacial score (nSPS) is 32.9. The molecule has 2 aliphatic carbocycles. The van der Waals surface area contributed by atoms with Crippen LogP contribution in [0.1, 0.15) is 57.1 Å². The average Bonchev–Trinajstić information content (AvgIpc) is 2.66. The fourth-order valence-corrected chi connectivity index (χ4v) is 6.14. The third kappa shape index (κ3) is 3.89. The molecule has 3 heteroatoms. The lowest BCUT2D eigenvalue weighted by Crippen LogP contribution is -2.48. The van der Waals surface area contributed by atoms with E-state index in [2.05, 4.69) is 66.6 Å². The van der Waals surface area contributed by atoms with Gasteiger partial charge < -0.3 is 11.1 Å². The van der Waals surface area contributed by atoms with Crippen molar-refractivity contribution >= 4 is 5.82 Å². The molecule has 0 saturated heterocycles. The molecule has 2 saturated carbocycles. The summed E-state index contributed by atoms with van der Waals surface area (Å²) in [5.41, 5.74) is 8.96. The number of nitrogens with one attached hydrogen (secondary N) is 1. The van der Waals surface area contributed by atoms with E-state index in [0.29, 0.717) is 17.4 Å². The first-order valence-corrected chi connectivity index (χ1v) is 10.4. The van der Waals surface area contributed by atoms with E-state index in [1.807, 2.05) is 6.20 Å². The van der Waals surface area contributed by atoms with Crippen LogP contribution in [0.25, 0.3) is 0 Å². The molecule has 4 rings (SSSR count). The summed E-state index contributed by atoms with van der Waals surface area (Å²) in [4.78, 5) is 4.53. The van der Waals surface area contributed by atoms with Crippen molar-refractivity contribution in [1.82, 2.24) is 4.98 Å². The molecule has 2 bridgehead atoms. The van der Waals surface area contributed by atoms with Crippen molar-refractivity contribution in [2.45, 2.75) is 57.9 Å². The van der Waals surface area contributed by atoms with E-state index in [0.717, 1.165) is 29.8 Å². The van der Waals surface area contributed by atoms with Gasteiger partial charge in [0.25, 0.3) is 0 Å². The number of fused-ring (bicyclic) bond motifs is 2. The number of hydrogen-bond acceptors (Lipinski definition) is 3. The van der Waals surface area contributed by atoms with Crippen LogP contribution in [0.5, 0.6) is 0 Å². The quantitative estimate of drug-likeness (QED) is 0.774. The number of aromatic nitrogens is 1. The first-order valence-electron chi connectivity index (χ1n) is 10.4. The molecular formula is C24H33N3. The molecular weight excluding hydrogens is 330 g/mol. The van der Waals surface area contributed by atoms with Gasteiger partial charge in [-0.3, -0.25) is 0 Å². The lowest BCUT2D eigenvalue weighted by Gasteiger charge is -2.55. The number of anilines is 1. The molecule has 3 nitrogen and oxygen atoms in total. The van der Waals surface area contributed by atoms with Crippen LogP contribution in [-0.2, 0) is 12.0 Å². The predicted octanol–water partition coefficient (Wildman–Crippen LogP) is 5.13. The zero-order valence-corrected chi connectivity index (χ0v) is 16.7. The van der Waals surface area contributed by atoms with E-state index in [1.54, 1.807) is 5.56 Å². The Morgan fingerprint density at radius 2 is 1.93 bits per heavy atom. The van der Waals surface area contributed by atoms with Gasteiger partial charge in [0.1, 0.15) is 5.82 Å². The molecule has 27 heavy (non-hydrogen) atoms. The summed E-state index contributed by atoms with van der Waals surface area (Å²) >= 11 is 0. The Hall–Kier alpha value is -1.87. The van der Waals surface area contributed by atoms with Crippen molar-refractivity contribution in [2.24, 2.45) is 23.0 Å². The van der Waals surface area contributed by atoms with E-state index in [-0.39, 0.29) is 0 Å². The maximum atomic E-state index is 5.68. The average molecular weight is 364 g/mol. The minimum Gasteiger partial charge on any atom is -0.370 e. The summed E-state index contributed by atoms with van der Waals surface area (Å²) in [5, 5.41) is 3.62. The Balaban J connectivity index is 1.54. The lowest BCUT2D eigenvalue weighted by atomic mass is 9.50. The van der Waals surface area contributed by atoms with Gasteiger partial charge in [0, 0.05) is 19.3 Å².